The summed E-state index contributed by atoms with van der Waals surface area (Å²) in [6.07, 6.45) is 0. The topological polar surface area (TPSA) is 31.4 Å². The SMILES string of the molecule is CCNC(C)c1csc(N2CCN(C)c3ccccc32)n1. The average molecular weight is 302 g/mol. The number of rotatable bonds is 4. The first kappa shape index (κ1) is 14.4. The Bertz CT molecular complexity index is 610. The van der Waals surface area contributed by atoms with Crippen molar-refractivity contribution in [1.82, 2.24) is 10.3 Å². The highest BCUT2D eigenvalue weighted by atomic mass is 32.1. The summed E-state index contributed by atoms with van der Waals surface area (Å²) < 4.78 is 0. The van der Waals surface area contributed by atoms with E-state index in [2.05, 4.69) is 65.7 Å². The van der Waals surface area contributed by atoms with E-state index in [1.54, 1.807) is 11.3 Å². The molecule has 1 atom stereocenters. The molecule has 2 heterocycles. The molecule has 0 amide bonds. The van der Waals surface area contributed by atoms with Crippen LogP contribution in [0.4, 0.5) is 16.5 Å². The Hall–Kier alpha value is -1.59. The molecule has 0 fully saturated rings. The van der Waals surface area contributed by atoms with Gasteiger partial charge in [0.2, 0.25) is 0 Å². The van der Waals surface area contributed by atoms with Gasteiger partial charge in [0.05, 0.1) is 17.1 Å². The van der Waals surface area contributed by atoms with E-state index < -0.39 is 0 Å². The zero-order chi connectivity index (χ0) is 14.8. The monoisotopic (exact) mass is 302 g/mol. The molecule has 5 heteroatoms. The summed E-state index contributed by atoms with van der Waals surface area (Å²) in [5, 5.41) is 6.68. The van der Waals surface area contributed by atoms with Gasteiger partial charge in [-0.2, -0.15) is 0 Å². The second-order valence-electron chi connectivity index (χ2n) is 5.40. The van der Waals surface area contributed by atoms with Gasteiger partial charge in [0.1, 0.15) is 0 Å². The molecule has 3 rings (SSSR count). The number of benzene rings is 1. The summed E-state index contributed by atoms with van der Waals surface area (Å²) in [4.78, 5) is 9.48. The quantitative estimate of drug-likeness (QED) is 0.938. The molecule has 1 unspecified atom stereocenters. The lowest BCUT2D eigenvalue weighted by atomic mass is 10.2. The Balaban J connectivity index is 1.90. The van der Waals surface area contributed by atoms with E-state index in [1.807, 2.05) is 0 Å². The third-order valence-corrected chi connectivity index (χ3v) is 4.82. The Kier molecular flexibility index (Phi) is 4.12. The van der Waals surface area contributed by atoms with E-state index in [1.165, 1.54) is 11.4 Å². The van der Waals surface area contributed by atoms with E-state index in [0.29, 0.717) is 6.04 Å². The Morgan fingerprint density at radius 2 is 2.05 bits per heavy atom. The minimum Gasteiger partial charge on any atom is -0.371 e. The average Bonchev–Trinajstić information content (AvgIpc) is 2.98. The maximum absolute atomic E-state index is 4.84. The van der Waals surface area contributed by atoms with Gasteiger partial charge in [-0.3, -0.25) is 0 Å². The summed E-state index contributed by atoms with van der Waals surface area (Å²) in [6.45, 7) is 7.26. The van der Waals surface area contributed by atoms with Crippen LogP contribution in [0.25, 0.3) is 0 Å². The molecule has 1 aromatic heterocycles. The van der Waals surface area contributed by atoms with Gasteiger partial charge < -0.3 is 15.1 Å². The molecular formula is C16H22N4S. The summed E-state index contributed by atoms with van der Waals surface area (Å²) in [6, 6.07) is 8.86. The van der Waals surface area contributed by atoms with Gasteiger partial charge >= 0.3 is 0 Å². The molecule has 1 aromatic carbocycles. The molecule has 4 nitrogen and oxygen atoms in total. The summed E-state index contributed by atoms with van der Waals surface area (Å²) >= 11 is 1.73. The van der Waals surface area contributed by atoms with Crippen molar-refractivity contribution < 1.29 is 0 Å². The fourth-order valence-electron chi connectivity index (χ4n) is 2.71. The van der Waals surface area contributed by atoms with Gasteiger partial charge in [-0.15, -0.1) is 11.3 Å². The lowest BCUT2D eigenvalue weighted by molar-refractivity contribution is 0.586. The van der Waals surface area contributed by atoms with Gasteiger partial charge in [0.25, 0.3) is 0 Å². The van der Waals surface area contributed by atoms with Crippen molar-refractivity contribution in [3.8, 4) is 0 Å². The van der Waals surface area contributed by atoms with Gasteiger partial charge in [-0.05, 0) is 25.6 Å². The van der Waals surface area contributed by atoms with Crippen LogP contribution < -0.4 is 15.1 Å². The number of fused-ring (bicyclic) bond motifs is 1. The molecule has 0 bridgehead atoms. The molecule has 2 aromatic rings. The Morgan fingerprint density at radius 3 is 2.81 bits per heavy atom. The largest absolute Gasteiger partial charge is 0.371 e. The first-order valence-corrected chi connectivity index (χ1v) is 8.35. The maximum atomic E-state index is 4.84. The van der Waals surface area contributed by atoms with E-state index in [0.717, 1.165) is 30.5 Å². The second kappa shape index (κ2) is 6.03. The molecule has 0 saturated heterocycles. The predicted molar refractivity (Wildman–Crippen MR) is 90.9 cm³/mol. The molecule has 112 valence electrons. The lowest BCUT2D eigenvalue weighted by Gasteiger charge is -2.35. The molecular weight excluding hydrogens is 280 g/mol. The highest BCUT2D eigenvalue weighted by Gasteiger charge is 2.23. The van der Waals surface area contributed by atoms with E-state index in [4.69, 9.17) is 4.98 Å². The van der Waals surface area contributed by atoms with Crippen molar-refractivity contribution >= 4 is 27.8 Å². The zero-order valence-electron chi connectivity index (χ0n) is 12.8. The van der Waals surface area contributed by atoms with Crippen LogP contribution in [0.15, 0.2) is 29.6 Å². The van der Waals surface area contributed by atoms with Crippen LogP contribution in [0.3, 0.4) is 0 Å². The highest BCUT2D eigenvalue weighted by Crippen LogP contribution is 2.38. The maximum Gasteiger partial charge on any atom is 0.190 e. The Morgan fingerprint density at radius 1 is 1.29 bits per heavy atom. The van der Waals surface area contributed by atoms with Crippen LogP contribution in [-0.4, -0.2) is 31.7 Å². The first-order valence-electron chi connectivity index (χ1n) is 7.47. The third-order valence-electron chi connectivity index (χ3n) is 3.94. The minimum atomic E-state index is 0.308. The van der Waals surface area contributed by atoms with Crippen molar-refractivity contribution in [2.75, 3.05) is 36.5 Å². The normalized spacial score (nSPS) is 16.0. The van der Waals surface area contributed by atoms with E-state index in [-0.39, 0.29) is 0 Å². The van der Waals surface area contributed by atoms with E-state index in [9.17, 15) is 0 Å². The van der Waals surface area contributed by atoms with Crippen LogP contribution >= 0.6 is 11.3 Å². The molecule has 1 N–H and O–H groups in total. The van der Waals surface area contributed by atoms with Crippen molar-refractivity contribution in [2.45, 2.75) is 19.9 Å². The second-order valence-corrected chi connectivity index (χ2v) is 6.23. The fourth-order valence-corrected chi connectivity index (χ4v) is 3.67. The number of hydrogen-bond donors (Lipinski definition) is 1. The smallest absolute Gasteiger partial charge is 0.190 e. The molecule has 0 saturated carbocycles. The van der Waals surface area contributed by atoms with Crippen molar-refractivity contribution in [1.29, 1.82) is 0 Å². The standard InChI is InChI=1S/C16H22N4S/c1-4-17-12(2)13-11-21-16(18-13)20-10-9-19(3)14-7-5-6-8-15(14)20/h5-8,11-12,17H,4,9-10H2,1-3H3. The number of hydrogen-bond acceptors (Lipinski definition) is 5. The lowest BCUT2D eigenvalue weighted by Crippen LogP contribution is -2.36. The number of para-hydroxylation sites is 2. The molecule has 21 heavy (non-hydrogen) atoms. The van der Waals surface area contributed by atoms with Crippen LogP contribution in [0.2, 0.25) is 0 Å². The molecule has 1 aliphatic heterocycles. The molecule has 0 spiro atoms. The zero-order valence-corrected chi connectivity index (χ0v) is 13.7. The van der Waals surface area contributed by atoms with Crippen molar-refractivity contribution in [2.24, 2.45) is 0 Å². The number of aromatic nitrogens is 1. The number of anilines is 3. The molecule has 1 aliphatic rings. The van der Waals surface area contributed by atoms with Gasteiger partial charge in [-0.1, -0.05) is 19.1 Å². The Labute approximate surface area is 130 Å². The van der Waals surface area contributed by atoms with Crippen LogP contribution in [0.1, 0.15) is 25.6 Å². The third kappa shape index (κ3) is 2.76. The molecule has 0 aliphatic carbocycles. The summed E-state index contributed by atoms with van der Waals surface area (Å²) in [7, 11) is 2.15. The number of likely N-dealkylation sites (N-methyl/N-ethyl adjacent to an activating group) is 1. The first-order chi connectivity index (χ1) is 10.2. The number of thiazole rings is 1. The van der Waals surface area contributed by atoms with Gasteiger partial charge in [-0.25, -0.2) is 4.98 Å². The minimum absolute atomic E-state index is 0.308. The van der Waals surface area contributed by atoms with Crippen LogP contribution in [0.5, 0.6) is 0 Å². The van der Waals surface area contributed by atoms with Gasteiger partial charge in [0.15, 0.2) is 5.13 Å². The van der Waals surface area contributed by atoms with Crippen LogP contribution in [0, 0.1) is 0 Å². The van der Waals surface area contributed by atoms with Crippen molar-refractivity contribution in [3.05, 3.63) is 35.3 Å². The number of nitrogens with one attached hydrogen (secondary N) is 1. The van der Waals surface area contributed by atoms with E-state index >= 15 is 0 Å². The summed E-state index contributed by atoms with van der Waals surface area (Å²) in [5.74, 6) is 0. The fraction of sp³-hybridized carbons (Fsp3) is 0.438. The molecule has 0 radical (unpaired) electrons. The highest BCUT2D eigenvalue weighted by molar-refractivity contribution is 7.13. The predicted octanol–water partition coefficient (Wildman–Crippen LogP) is 3.40. The summed E-state index contributed by atoms with van der Waals surface area (Å²) in [5.41, 5.74) is 3.66. The number of nitrogens with zero attached hydrogens (tertiary/aromatic N) is 3. The van der Waals surface area contributed by atoms with Crippen LogP contribution in [-0.2, 0) is 0 Å². The van der Waals surface area contributed by atoms with Crippen molar-refractivity contribution in [3.63, 3.8) is 0 Å². The van der Waals surface area contributed by atoms with Gasteiger partial charge in [0, 0.05) is 31.6 Å².